The summed E-state index contributed by atoms with van der Waals surface area (Å²) in [4.78, 5) is 37.5. The number of halogens is 1. The van der Waals surface area contributed by atoms with Crippen LogP contribution in [0, 0.1) is 5.41 Å². The molecule has 0 saturated carbocycles. The molecule has 3 aromatic rings. The van der Waals surface area contributed by atoms with Gasteiger partial charge in [0.15, 0.2) is 11.4 Å². The van der Waals surface area contributed by atoms with Gasteiger partial charge < -0.3 is 39.6 Å². The molecule has 5 rings (SSSR count). The van der Waals surface area contributed by atoms with Crippen molar-refractivity contribution in [3.8, 4) is 11.5 Å². The van der Waals surface area contributed by atoms with E-state index in [-0.39, 0.29) is 40.7 Å². The summed E-state index contributed by atoms with van der Waals surface area (Å²) in [6.07, 6.45) is 2.30. The maximum atomic E-state index is 13.2. The van der Waals surface area contributed by atoms with Crippen LogP contribution in [0.2, 0.25) is 5.02 Å². The standard InChI is InChI=1S/C34H42ClN5O7S/c1-20-28(39-32(42)47-33(2,3)4)34(19-46-20)12-15-40(16-13-34)23-17-24(45-18-21-7-9-22(43-5)10-8-21)30(38-27(23)31(41)44-6)48-25-11-14-37-29(36)26(25)35/h7-11,14,17,20,28H,12-13,15-16,18-19H2,1-6H3,(H2,36,37)(H,39,42). The van der Waals surface area contributed by atoms with Gasteiger partial charge in [-0.05, 0) is 64.3 Å². The molecule has 0 aliphatic carbocycles. The van der Waals surface area contributed by atoms with E-state index in [4.69, 9.17) is 46.0 Å². The average molecular weight is 700 g/mol. The van der Waals surface area contributed by atoms with Crippen molar-refractivity contribution in [1.82, 2.24) is 15.3 Å². The first-order valence-corrected chi connectivity index (χ1v) is 16.8. The molecule has 1 aromatic carbocycles. The Kier molecular flexibility index (Phi) is 10.8. The lowest BCUT2D eigenvalue weighted by Crippen LogP contribution is -2.55. The summed E-state index contributed by atoms with van der Waals surface area (Å²) < 4.78 is 28.5. The van der Waals surface area contributed by atoms with E-state index in [0.717, 1.165) is 11.3 Å². The van der Waals surface area contributed by atoms with Crippen LogP contribution in [0.1, 0.15) is 56.6 Å². The van der Waals surface area contributed by atoms with E-state index in [2.05, 4.69) is 15.2 Å². The predicted octanol–water partition coefficient (Wildman–Crippen LogP) is 6.14. The van der Waals surface area contributed by atoms with E-state index < -0.39 is 17.7 Å². The number of hydrogen-bond donors (Lipinski definition) is 2. The molecule has 4 heterocycles. The molecule has 2 fully saturated rings. The van der Waals surface area contributed by atoms with Gasteiger partial charge in [0.1, 0.15) is 28.8 Å². The third-order valence-electron chi connectivity index (χ3n) is 8.49. The summed E-state index contributed by atoms with van der Waals surface area (Å²) in [5.74, 6) is 0.780. The molecule has 2 atom stereocenters. The van der Waals surface area contributed by atoms with Gasteiger partial charge in [-0.1, -0.05) is 35.5 Å². The molecule has 2 aromatic heterocycles. The Hall–Kier alpha value is -3.94. The average Bonchev–Trinajstić information content (AvgIpc) is 3.35. The minimum Gasteiger partial charge on any atom is -0.497 e. The molecule has 0 bridgehead atoms. The molecular weight excluding hydrogens is 658 g/mol. The second kappa shape index (κ2) is 14.7. The summed E-state index contributed by atoms with van der Waals surface area (Å²) in [5.41, 5.74) is 6.69. The molecule has 12 nitrogen and oxygen atoms in total. The Morgan fingerprint density at radius 3 is 2.52 bits per heavy atom. The molecule has 258 valence electrons. The normalized spacial score (nSPS) is 18.8. The van der Waals surface area contributed by atoms with Crippen LogP contribution in [0.5, 0.6) is 11.5 Å². The number of benzene rings is 1. The Labute approximate surface area is 290 Å². The van der Waals surface area contributed by atoms with Crippen LogP contribution in [0.3, 0.4) is 0 Å². The zero-order valence-electron chi connectivity index (χ0n) is 28.0. The number of nitrogens with two attached hydrogens (primary N) is 1. The van der Waals surface area contributed by atoms with Crippen LogP contribution in [0.4, 0.5) is 16.3 Å². The largest absolute Gasteiger partial charge is 0.497 e. The molecule has 2 saturated heterocycles. The van der Waals surface area contributed by atoms with Gasteiger partial charge in [0.25, 0.3) is 0 Å². The van der Waals surface area contributed by atoms with E-state index in [1.807, 2.05) is 58.0 Å². The number of nitrogens with zero attached hydrogens (tertiary/aromatic N) is 3. The number of esters is 1. The number of nitrogen functional groups attached to an aromatic ring is 1. The minimum absolute atomic E-state index is 0.144. The highest BCUT2D eigenvalue weighted by atomic mass is 35.5. The first kappa shape index (κ1) is 35.4. The fraction of sp³-hybridized carbons (Fsp3) is 0.471. The number of hydrogen-bond acceptors (Lipinski definition) is 12. The second-order valence-electron chi connectivity index (χ2n) is 12.9. The molecule has 0 radical (unpaired) electrons. The van der Waals surface area contributed by atoms with Gasteiger partial charge in [0.2, 0.25) is 0 Å². The van der Waals surface area contributed by atoms with Crippen LogP contribution in [0.25, 0.3) is 0 Å². The molecule has 2 unspecified atom stereocenters. The van der Waals surface area contributed by atoms with Crippen molar-refractivity contribution in [3.63, 3.8) is 0 Å². The molecule has 2 aliphatic rings. The quantitative estimate of drug-likeness (QED) is 0.247. The lowest BCUT2D eigenvalue weighted by atomic mass is 9.73. The lowest BCUT2D eigenvalue weighted by Gasteiger charge is -2.43. The van der Waals surface area contributed by atoms with Crippen LogP contribution in [-0.4, -0.2) is 73.7 Å². The fourth-order valence-corrected chi connectivity index (χ4v) is 7.09. The number of carbonyl (C=O) groups excluding carboxylic acids is 2. The Balaban J connectivity index is 1.45. The van der Waals surface area contributed by atoms with Crippen molar-refractivity contribution in [2.75, 3.05) is 44.5 Å². The summed E-state index contributed by atoms with van der Waals surface area (Å²) in [5, 5.41) is 3.77. The first-order valence-electron chi connectivity index (χ1n) is 15.7. The van der Waals surface area contributed by atoms with E-state index in [9.17, 15) is 9.59 Å². The smallest absolute Gasteiger partial charge is 0.407 e. The Morgan fingerprint density at radius 1 is 1.17 bits per heavy atom. The van der Waals surface area contributed by atoms with Gasteiger partial charge >= 0.3 is 12.1 Å². The Bertz CT molecular complexity index is 1630. The predicted molar refractivity (Wildman–Crippen MR) is 183 cm³/mol. The van der Waals surface area contributed by atoms with Crippen molar-refractivity contribution in [2.45, 2.75) is 74.8 Å². The molecule has 1 amide bonds. The first-order chi connectivity index (χ1) is 22.8. The third kappa shape index (κ3) is 8.01. The highest BCUT2D eigenvalue weighted by Crippen LogP contribution is 2.45. The number of anilines is 2. The molecule has 14 heteroatoms. The molecule has 48 heavy (non-hydrogen) atoms. The van der Waals surface area contributed by atoms with E-state index in [1.165, 1.54) is 18.9 Å². The number of ether oxygens (including phenoxy) is 5. The minimum atomic E-state index is -0.618. The maximum Gasteiger partial charge on any atom is 0.407 e. The topological polar surface area (TPSA) is 147 Å². The lowest BCUT2D eigenvalue weighted by molar-refractivity contribution is 0.0433. The highest BCUT2D eigenvalue weighted by molar-refractivity contribution is 7.99. The number of amides is 1. The summed E-state index contributed by atoms with van der Waals surface area (Å²) in [6, 6.07) is 10.9. The zero-order valence-corrected chi connectivity index (χ0v) is 29.6. The number of methoxy groups -OCH3 is 2. The van der Waals surface area contributed by atoms with Crippen molar-refractivity contribution in [3.05, 3.63) is 58.9 Å². The highest BCUT2D eigenvalue weighted by Gasteiger charge is 2.50. The number of nitrogens with one attached hydrogen (secondary N) is 1. The molecular formula is C34H42ClN5O7S. The number of alkyl carbamates (subject to hydrolysis) is 1. The maximum absolute atomic E-state index is 13.2. The second-order valence-corrected chi connectivity index (χ2v) is 14.3. The van der Waals surface area contributed by atoms with Gasteiger partial charge in [0, 0.05) is 35.7 Å². The van der Waals surface area contributed by atoms with Crippen molar-refractivity contribution in [1.29, 1.82) is 0 Å². The fourth-order valence-electron chi connectivity index (χ4n) is 5.97. The third-order valence-corrected chi connectivity index (χ3v) is 10.0. The molecule has 3 N–H and O–H groups in total. The van der Waals surface area contributed by atoms with E-state index in [1.54, 1.807) is 19.4 Å². The monoisotopic (exact) mass is 699 g/mol. The van der Waals surface area contributed by atoms with Crippen molar-refractivity contribution >= 4 is 46.9 Å². The van der Waals surface area contributed by atoms with E-state index in [0.29, 0.717) is 53.9 Å². The summed E-state index contributed by atoms with van der Waals surface area (Å²) >= 11 is 7.71. The SMILES string of the molecule is COC(=O)c1nc(Sc2ccnc(N)c2Cl)c(OCc2ccc(OC)cc2)cc1N1CCC2(CC1)COC(C)C2NC(=O)OC(C)(C)C. The van der Waals surface area contributed by atoms with Gasteiger partial charge in [-0.25, -0.2) is 19.6 Å². The van der Waals surface area contributed by atoms with Crippen LogP contribution in [-0.2, 0) is 20.8 Å². The van der Waals surface area contributed by atoms with Crippen molar-refractivity contribution in [2.24, 2.45) is 5.41 Å². The number of carbonyl (C=O) groups is 2. The van der Waals surface area contributed by atoms with Gasteiger partial charge in [0.05, 0.1) is 43.7 Å². The van der Waals surface area contributed by atoms with E-state index >= 15 is 0 Å². The van der Waals surface area contributed by atoms with Crippen LogP contribution < -0.4 is 25.4 Å². The van der Waals surface area contributed by atoms with Crippen molar-refractivity contribution < 1.29 is 33.3 Å². The van der Waals surface area contributed by atoms with Gasteiger partial charge in [-0.15, -0.1) is 0 Å². The van der Waals surface area contributed by atoms with Gasteiger partial charge in [-0.2, -0.15) is 0 Å². The number of piperidine rings is 1. The Morgan fingerprint density at radius 2 is 1.88 bits per heavy atom. The summed E-state index contributed by atoms with van der Waals surface area (Å²) in [7, 11) is 2.94. The van der Waals surface area contributed by atoms with Crippen LogP contribution in [0.15, 0.2) is 52.5 Å². The van der Waals surface area contributed by atoms with Gasteiger partial charge in [-0.3, -0.25) is 0 Å². The number of pyridine rings is 2. The van der Waals surface area contributed by atoms with Crippen LogP contribution >= 0.6 is 23.4 Å². The molecule has 1 spiro atoms. The molecule has 2 aliphatic heterocycles. The number of rotatable bonds is 9. The summed E-state index contributed by atoms with van der Waals surface area (Å²) in [6.45, 7) is 9.36. The number of aromatic nitrogens is 2. The zero-order chi connectivity index (χ0) is 34.6.